The van der Waals surface area contributed by atoms with Crippen molar-refractivity contribution in [1.29, 1.82) is 0 Å². The minimum Gasteiger partial charge on any atom is -0.481 e. The van der Waals surface area contributed by atoms with Crippen molar-refractivity contribution in [3.63, 3.8) is 0 Å². The Bertz CT molecular complexity index is 1390. The van der Waals surface area contributed by atoms with E-state index < -0.39 is 82.4 Å². The number of ketones is 1. The molecule has 0 aromatic carbocycles. The summed E-state index contributed by atoms with van der Waals surface area (Å²) in [6.45, 7) is 21.8. The fourth-order valence-corrected chi connectivity index (χ4v) is 11.2. The highest BCUT2D eigenvalue weighted by Gasteiger charge is 2.63. The molecule has 2 spiro atoms. The number of aliphatic hydroxyl groups excluding tert-OH is 1. The van der Waals surface area contributed by atoms with Crippen LogP contribution in [0.5, 0.6) is 0 Å². The van der Waals surface area contributed by atoms with Crippen LogP contribution in [0.25, 0.3) is 0 Å². The van der Waals surface area contributed by atoms with E-state index in [1.165, 1.54) is 0 Å². The Morgan fingerprint density at radius 3 is 2.18 bits per heavy atom. The van der Waals surface area contributed by atoms with E-state index in [2.05, 4.69) is 27.7 Å². The van der Waals surface area contributed by atoms with Crippen LogP contribution >= 0.6 is 0 Å². The van der Waals surface area contributed by atoms with Crippen molar-refractivity contribution in [3.8, 4) is 0 Å². The maximum absolute atomic E-state index is 14.6. The van der Waals surface area contributed by atoms with Gasteiger partial charge in [0.1, 0.15) is 11.9 Å². The number of ether oxygens (including phenoxy) is 6. The van der Waals surface area contributed by atoms with Gasteiger partial charge < -0.3 is 43.7 Å². The molecule has 4 saturated heterocycles. The number of rotatable bonds is 13. The first-order chi connectivity index (χ1) is 25.7. The third kappa shape index (κ3) is 8.13. The van der Waals surface area contributed by atoms with Crippen molar-refractivity contribution >= 4 is 11.8 Å². The van der Waals surface area contributed by atoms with Crippen molar-refractivity contribution in [1.82, 2.24) is 0 Å². The number of aliphatic carboxylic acids is 1. The molecule has 11 heteroatoms. The fourth-order valence-electron chi connectivity index (χ4n) is 11.2. The van der Waals surface area contributed by atoms with E-state index in [0.29, 0.717) is 51.4 Å². The number of carbonyl (C=O) groups is 2. The van der Waals surface area contributed by atoms with Crippen molar-refractivity contribution < 1.29 is 53.3 Å². The third-order valence-corrected chi connectivity index (χ3v) is 15.2. The van der Waals surface area contributed by atoms with E-state index in [1.807, 2.05) is 53.7 Å². The average molecular weight is 779 g/mol. The topological polar surface area (TPSA) is 150 Å². The van der Waals surface area contributed by atoms with Gasteiger partial charge >= 0.3 is 5.97 Å². The molecule has 0 saturated carbocycles. The molecule has 0 bridgehead atoms. The van der Waals surface area contributed by atoms with Crippen LogP contribution < -0.4 is 0 Å². The molecule has 4 unspecified atom stereocenters. The Hall–Kier alpha value is -1.44. The second-order valence-corrected chi connectivity index (χ2v) is 18.8. The van der Waals surface area contributed by atoms with Crippen LogP contribution in [0.3, 0.4) is 0 Å². The smallest absolute Gasteiger partial charge is 0.309 e. The summed E-state index contributed by atoms with van der Waals surface area (Å²) in [5.41, 5.74) is -2.35. The lowest BCUT2D eigenvalue weighted by Crippen LogP contribution is -2.65. The van der Waals surface area contributed by atoms with Gasteiger partial charge in [0.2, 0.25) is 5.79 Å². The second-order valence-electron chi connectivity index (χ2n) is 18.8. The van der Waals surface area contributed by atoms with Gasteiger partial charge in [-0.05, 0) is 103 Å². The van der Waals surface area contributed by atoms with Crippen LogP contribution in [-0.4, -0.2) is 99.2 Å². The first kappa shape index (κ1) is 44.7. The number of aliphatic hydroxyl groups is 2. The molecule has 316 valence electrons. The monoisotopic (exact) mass is 779 g/mol. The zero-order chi connectivity index (χ0) is 40.9. The number of methoxy groups -OCH3 is 1. The summed E-state index contributed by atoms with van der Waals surface area (Å²) in [6, 6.07) is 0. The Morgan fingerprint density at radius 2 is 1.60 bits per heavy atom. The van der Waals surface area contributed by atoms with Gasteiger partial charge in [-0.25, -0.2) is 0 Å². The molecule has 3 N–H and O–H groups in total. The molecule has 4 fully saturated rings. The maximum Gasteiger partial charge on any atom is 0.309 e. The summed E-state index contributed by atoms with van der Waals surface area (Å²) in [4.78, 5) is 26.8. The predicted octanol–water partition coefficient (Wildman–Crippen LogP) is 7.23. The minimum atomic E-state index is -1.23. The van der Waals surface area contributed by atoms with E-state index >= 15 is 0 Å². The summed E-state index contributed by atoms with van der Waals surface area (Å²) < 4.78 is 40.4. The zero-order valence-corrected chi connectivity index (χ0v) is 35.8. The highest BCUT2D eigenvalue weighted by molar-refractivity contribution is 5.84. The number of Topliss-reactive ketones (excluding diaryl/α,β-unsaturated/α-hetero) is 1. The van der Waals surface area contributed by atoms with E-state index in [1.54, 1.807) is 14.0 Å². The third-order valence-electron chi connectivity index (χ3n) is 15.2. The van der Waals surface area contributed by atoms with Crippen LogP contribution in [0.2, 0.25) is 0 Å². The van der Waals surface area contributed by atoms with Gasteiger partial charge in [0, 0.05) is 37.2 Å². The summed E-state index contributed by atoms with van der Waals surface area (Å²) >= 11 is 0. The molecule has 5 rings (SSSR count). The molecule has 0 amide bonds. The lowest BCUT2D eigenvalue weighted by molar-refractivity contribution is -0.418. The standard InChI is InChI=1S/C44H74O11/c1-13-31(36(46)28(7)35(45)29(8)37-25(4)16-19-40(10,52-37)32(14-2)39(47)48)38-26(5)24-27(6)44(53-38)34(50-12)18-21-43(55-44)23-22-41(11,54-43)33-17-20-42(49,15-3)30(9)51-33/h18,21,25-35,37-38,45,49H,13-17,19-20,22-24H2,1-12H3,(H,47,48)/t25-,26-,27+,28-,29-,30-,31-,32-,33+,34?,35+,37?,38?,40+,41-,42+,43+,44?/m0/s1. The quantitative estimate of drug-likeness (QED) is 0.163. The van der Waals surface area contributed by atoms with Gasteiger partial charge in [-0.2, -0.15) is 0 Å². The predicted molar refractivity (Wildman–Crippen MR) is 208 cm³/mol. The molecular weight excluding hydrogens is 704 g/mol. The number of carboxylic acids is 1. The van der Waals surface area contributed by atoms with Gasteiger partial charge in [0.05, 0.1) is 53.2 Å². The van der Waals surface area contributed by atoms with Crippen molar-refractivity contribution in [2.75, 3.05) is 7.11 Å². The molecule has 18 atom stereocenters. The first-order valence-electron chi connectivity index (χ1n) is 21.5. The van der Waals surface area contributed by atoms with E-state index in [-0.39, 0.29) is 35.7 Å². The Kier molecular flexibility index (Phi) is 13.5. The molecule has 5 aliphatic heterocycles. The number of hydrogen-bond donors (Lipinski definition) is 3. The number of hydrogen-bond acceptors (Lipinski definition) is 10. The Balaban J connectivity index is 1.34. The van der Waals surface area contributed by atoms with Gasteiger partial charge in [0.15, 0.2) is 5.79 Å². The van der Waals surface area contributed by atoms with Crippen LogP contribution in [0.1, 0.15) is 140 Å². The molecule has 11 nitrogen and oxygen atoms in total. The summed E-state index contributed by atoms with van der Waals surface area (Å²) in [7, 11) is 1.65. The average Bonchev–Trinajstić information content (AvgIpc) is 3.47. The van der Waals surface area contributed by atoms with Gasteiger partial charge in [0.25, 0.3) is 0 Å². The van der Waals surface area contributed by atoms with E-state index in [4.69, 9.17) is 28.4 Å². The highest BCUT2D eigenvalue weighted by atomic mass is 16.8. The fraction of sp³-hybridized carbons (Fsp3) is 0.909. The molecule has 0 aromatic rings. The van der Waals surface area contributed by atoms with Crippen LogP contribution in [0.4, 0.5) is 0 Å². The van der Waals surface area contributed by atoms with Gasteiger partial charge in [-0.15, -0.1) is 0 Å². The highest BCUT2D eigenvalue weighted by Crippen LogP contribution is 2.54. The van der Waals surface area contributed by atoms with Gasteiger partial charge in [-0.1, -0.05) is 55.4 Å². The normalized spacial score (nSPS) is 46.3. The van der Waals surface area contributed by atoms with Crippen molar-refractivity contribution in [2.24, 2.45) is 41.4 Å². The van der Waals surface area contributed by atoms with Crippen molar-refractivity contribution in [2.45, 2.75) is 205 Å². The minimum absolute atomic E-state index is 0.0212. The number of carboxylic acid groups (broad SMARTS) is 1. The van der Waals surface area contributed by atoms with E-state index in [0.717, 1.165) is 12.8 Å². The van der Waals surface area contributed by atoms with Crippen molar-refractivity contribution in [3.05, 3.63) is 12.2 Å². The van der Waals surface area contributed by atoms with Crippen LogP contribution in [-0.2, 0) is 38.0 Å². The molecule has 0 radical (unpaired) electrons. The lowest BCUT2D eigenvalue weighted by atomic mass is 9.71. The Labute approximate surface area is 330 Å². The summed E-state index contributed by atoms with van der Waals surface area (Å²) in [5, 5.41) is 32.9. The van der Waals surface area contributed by atoms with Crippen LogP contribution in [0.15, 0.2) is 12.2 Å². The molecule has 0 aliphatic carbocycles. The molecule has 5 aliphatic rings. The summed E-state index contributed by atoms with van der Waals surface area (Å²) in [6.07, 6.45) is 7.31. The first-order valence-corrected chi connectivity index (χ1v) is 21.5. The largest absolute Gasteiger partial charge is 0.481 e. The summed E-state index contributed by atoms with van der Waals surface area (Å²) in [5.74, 6) is -5.52. The number of carbonyl (C=O) groups excluding carboxylic acids is 1. The molecule has 0 aromatic heterocycles. The SMILES string of the molecule is CC[C@@H](C(=O)[C@@H](C)[C@@H](O)[C@H](C)C1O[C@@](C)([C@@H](CC)C(=O)O)CC[C@@H]1C)C1OC2(O[C@]3(C=CC2OC)CC[C@@](C)([C@H]2CC[C@](O)(CC)[C@H](C)O2)O3)[C@H](C)C[C@@H]1C. The zero-order valence-electron chi connectivity index (χ0n) is 35.8. The molecular formula is C44H74O11. The Morgan fingerprint density at radius 1 is 0.909 bits per heavy atom. The molecule has 55 heavy (non-hydrogen) atoms. The van der Waals surface area contributed by atoms with Crippen LogP contribution in [0, 0.1) is 41.4 Å². The maximum atomic E-state index is 14.6. The lowest BCUT2D eigenvalue weighted by Gasteiger charge is -2.56. The molecule has 5 heterocycles. The second kappa shape index (κ2) is 16.7. The van der Waals surface area contributed by atoms with Gasteiger partial charge in [-0.3, -0.25) is 9.59 Å². The van der Waals surface area contributed by atoms with E-state index in [9.17, 15) is 24.9 Å².